The van der Waals surface area contributed by atoms with Gasteiger partial charge in [-0.1, -0.05) is 25.2 Å². The van der Waals surface area contributed by atoms with Crippen molar-refractivity contribution in [3.63, 3.8) is 0 Å². The maximum absolute atomic E-state index is 12.2. The molecule has 8 heteroatoms. The van der Waals surface area contributed by atoms with E-state index < -0.39 is 17.3 Å². The lowest BCUT2D eigenvalue weighted by Crippen LogP contribution is -2.18. The van der Waals surface area contributed by atoms with Crippen LogP contribution >= 0.6 is 11.3 Å². The van der Waals surface area contributed by atoms with Gasteiger partial charge in [-0.3, -0.25) is 0 Å². The van der Waals surface area contributed by atoms with Gasteiger partial charge in [0.25, 0.3) is 0 Å². The Kier molecular flexibility index (Phi) is 4.70. The van der Waals surface area contributed by atoms with E-state index >= 15 is 0 Å². The van der Waals surface area contributed by atoms with Crippen molar-refractivity contribution < 1.29 is 18.3 Å². The second kappa shape index (κ2) is 5.63. The number of aliphatic hydroxyl groups excluding tert-OH is 1. The van der Waals surface area contributed by atoms with Crippen molar-refractivity contribution in [3.8, 4) is 0 Å². The molecule has 98 valence electrons. The molecule has 2 N–H and O–H groups in total. The first-order valence-corrected chi connectivity index (χ1v) is 5.95. The molecule has 0 fully saturated rings. The molecule has 0 aliphatic heterocycles. The van der Waals surface area contributed by atoms with Gasteiger partial charge >= 0.3 is 6.18 Å². The van der Waals surface area contributed by atoms with Gasteiger partial charge < -0.3 is 10.4 Å². The zero-order chi connectivity index (χ0) is 13.1. The van der Waals surface area contributed by atoms with Crippen LogP contribution < -0.4 is 5.32 Å². The van der Waals surface area contributed by atoms with E-state index in [0.29, 0.717) is 24.3 Å². The van der Waals surface area contributed by atoms with Crippen LogP contribution in [0.4, 0.5) is 18.3 Å². The van der Waals surface area contributed by atoms with Gasteiger partial charge in [0.1, 0.15) is 0 Å². The molecule has 1 rings (SSSR count). The summed E-state index contributed by atoms with van der Waals surface area (Å²) in [6.07, 6.45) is -4.47. The first-order valence-electron chi connectivity index (χ1n) is 5.13. The van der Waals surface area contributed by atoms with Gasteiger partial charge in [-0.15, -0.1) is 10.2 Å². The largest absolute Gasteiger partial charge is 0.445 e. The van der Waals surface area contributed by atoms with Crippen molar-refractivity contribution in [2.45, 2.75) is 32.5 Å². The number of hydrogen-bond acceptors (Lipinski definition) is 5. The molecule has 4 nitrogen and oxygen atoms in total. The van der Waals surface area contributed by atoms with E-state index in [-0.39, 0.29) is 11.0 Å². The van der Waals surface area contributed by atoms with E-state index in [0.717, 1.165) is 0 Å². The van der Waals surface area contributed by atoms with Gasteiger partial charge in [0.05, 0.1) is 6.10 Å². The van der Waals surface area contributed by atoms with E-state index in [1.807, 2.05) is 13.8 Å². The lowest BCUT2D eigenvalue weighted by Gasteiger charge is -2.13. The number of nitrogens with zero attached hydrogens (tertiary/aromatic N) is 2. The molecule has 0 spiro atoms. The maximum atomic E-state index is 12.2. The van der Waals surface area contributed by atoms with Crippen LogP contribution in [-0.4, -0.2) is 28.0 Å². The van der Waals surface area contributed by atoms with Gasteiger partial charge in [-0.2, -0.15) is 13.2 Å². The summed E-state index contributed by atoms with van der Waals surface area (Å²) in [6.45, 7) is 4.11. The Morgan fingerprint density at radius 2 is 2.00 bits per heavy atom. The monoisotopic (exact) mass is 269 g/mol. The number of hydrogen-bond donors (Lipinski definition) is 2. The summed E-state index contributed by atoms with van der Waals surface area (Å²) in [5, 5.41) is 17.8. The second-order valence-corrected chi connectivity index (χ2v) is 4.91. The van der Waals surface area contributed by atoms with Crippen LogP contribution in [-0.2, 0) is 6.18 Å². The van der Waals surface area contributed by atoms with Crippen LogP contribution in [0, 0.1) is 5.92 Å². The zero-order valence-corrected chi connectivity index (χ0v) is 10.3. The smallest absolute Gasteiger partial charge is 0.393 e. The lowest BCUT2D eigenvalue weighted by atomic mass is 10.0. The molecule has 1 heterocycles. The van der Waals surface area contributed by atoms with Crippen LogP contribution in [0.15, 0.2) is 0 Å². The molecule has 1 aromatic heterocycles. The number of rotatable bonds is 5. The Morgan fingerprint density at radius 1 is 1.35 bits per heavy atom. The van der Waals surface area contributed by atoms with E-state index in [1.54, 1.807) is 0 Å². The fourth-order valence-corrected chi connectivity index (χ4v) is 1.71. The minimum atomic E-state index is -4.45. The average molecular weight is 269 g/mol. The van der Waals surface area contributed by atoms with E-state index in [1.165, 1.54) is 0 Å². The molecule has 0 radical (unpaired) electrons. The summed E-state index contributed by atoms with van der Waals surface area (Å²) in [6, 6.07) is 0. The van der Waals surface area contributed by atoms with Gasteiger partial charge in [0, 0.05) is 6.54 Å². The minimum absolute atomic E-state index is 0.119. The summed E-state index contributed by atoms with van der Waals surface area (Å²) in [7, 11) is 0. The standard InChI is InChI=1S/C9H14F3N3OS/c1-5(2)6(16)3-4-13-8-15-14-7(17-8)9(10,11)12/h5-6,16H,3-4H2,1-2H3,(H,13,15)/t6-/m0/s1. The van der Waals surface area contributed by atoms with Crippen molar-refractivity contribution in [1.82, 2.24) is 10.2 Å². The second-order valence-electron chi connectivity index (χ2n) is 3.94. The number of nitrogens with one attached hydrogen (secondary N) is 1. The highest BCUT2D eigenvalue weighted by atomic mass is 32.1. The average Bonchev–Trinajstić information content (AvgIpc) is 2.65. The molecule has 0 aliphatic carbocycles. The highest BCUT2D eigenvalue weighted by Gasteiger charge is 2.35. The van der Waals surface area contributed by atoms with E-state index in [9.17, 15) is 18.3 Å². The zero-order valence-electron chi connectivity index (χ0n) is 9.45. The summed E-state index contributed by atoms with van der Waals surface area (Å²) in [5.41, 5.74) is 0. The third-order valence-electron chi connectivity index (χ3n) is 2.15. The van der Waals surface area contributed by atoms with E-state index in [2.05, 4.69) is 15.5 Å². The number of aliphatic hydroxyl groups is 1. The molecular weight excluding hydrogens is 255 g/mol. The van der Waals surface area contributed by atoms with Gasteiger partial charge in [0.15, 0.2) is 0 Å². The Morgan fingerprint density at radius 3 is 2.47 bits per heavy atom. The van der Waals surface area contributed by atoms with Gasteiger partial charge in [-0.05, 0) is 12.3 Å². The van der Waals surface area contributed by atoms with Crippen LogP contribution in [0.2, 0.25) is 0 Å². The molecule has 0 amide bonds. The first-order chi connectivity index (χ1) is 7.80. The molecule has 0 saturated heterocycles. The van der Waals surface area contributed by atoms with Gasteiger partial charge in [0.2, 0.25) is 10.1 Å². The van der Waals surface area contributed by atoms with Crippen LogP contribution in [0.25, 0.3) is 0 Å². The molecular formula is C9H14F3N3OS. The molecule has 0 unspecified atom stereocenters. The fraction of sp³-hybridized carbons (Fsp3) is 0.778. The summed E-state index contributed by atoms with van der Waals surface area (Å²) in [4.78, 5) is 0. The van der Waals surface area contributed by atoms with E-state index in [4.69, 9.17) is 0 Å². The highest BCUT2D eigenvalue weighted by molar-refractivity contribution is 7.15. The Bertz CT molecular complexity index is 354. The normalized spacial score (nSPS) is 14.1. The molecule has 0 saturated carbocycles. The van der Waals surface area contributed by atoms with Crippen LogP contribution in [0.5, 0.6) is 0 Å². The highest BCUT2D eigenvalue weighted by Crippen LogP contribution is 2.32. The van der Waals surface area contributed by atoms with Gasteiger partial charge in [-0.25, -0.2) is 0 Å². The molecule has 1 aromatic rings. The predicted molar refractivity (Wildman–Crippen MR) is 58.9 cm³/mol. The fourth-order valence-electron chi connectivity index (χ4n) is 1.07. The molecule has 0 aliphatic rings. The first kappa shape index (κ1) is 14.2. The molecule has 0 bridgehead atoms. The third kappa shape index (κ3) is 4.47. The number of alkyl halides is 3. The lowest BCUT2D eigenvalue weighted by molar-refractivity contribution is -0.138. The van der Waals surface area contributed by atoms with Crippen molar-refractivity contribution in [1.29, 1.82) is 0 Å². The number of halogens is 3. The minimum Gasteiger partial charge on any atom is -0.393 e. The van der Waals surface area contributed by atoms with Crippen molar-refractivity contribution >= 4 is 16.5 Å². The van der Waals surface area contributed by atoms with Crippen LogP contribution in [0.3, 0.4) is 0 Å². The van der Waals surface area contributed by atoms with Crippen LogP contribution in [0.1, 0.15) is 25.3 Å². The predicted octanol–water partition coefficient (Wildman–Crippen LogP) is 2.38. The van der Waals surface area contributed by atoms with Crippen molar-refractivity contribution in [3.05, 3.63) is 5.01 Å². The Balaban J connectivity index is 2.41. The SMILES string of the molecule is CC(C)[C@@H](O)CCNc1nnc(C(F)(F)F)s1. The third-order valence-corrected chi connectivity index (χ3v) is 3.08. The van der Waals surface area contributed by atoms with Crippen molar-refractivity contribution in [2.75, 3.05) is 11.9 Å². The molecule has 0 aromatic carbocycles. The number of aromatic nitrogens is 2. The summed E-state index contributed by atoms with van der Waals surface area (Å²) >= 11 is 0.460. The van der Waals surface area contributed by atoms with Crippen molar-refractivity contribution in [2.24, 2.45) is 5.92 Å². The number of anilines is 1. The molecule has 1 atom stereocenters. The summed E-state index contributed by atoms with van der Waals surface area (Å²) < 4.78 is 36.6. The summed E-state index contributed by atoms with van der Waals surface area (Å²) in [5.74, 6) is 0.122. The Labute approximate surface area is 101 Å². The maximum Gasteiger partial charge on any atom is 0.445 e. The Hall–Kier alpha value is -0.890. The quantitative estimate of drug-likeness (QED) is 0.861. The molecule has 17 heavy (non-hydrogen) atoms. The topological polar surface area (TPSA) is 58.0 Å².